The minimum atomic E-state index is -0.112. The van der Waals surface area contributed by atoms with Crippen LogP contribution in [0.2, 0.25) is 0 Å². The third-order valence-electron chi connectivity index (χ3n) is 2.79. The van der Waals surface area contributed by atoms with Crippen LogP contribution in [0.15, 0.2) is 10.6 Å². The minimum absolute atomic E-state index is 0.0973. The fourth-order valence-corrected chi connectivity index (χ4v) is 1.72. The lowest BCUT2D eigenvalue weighted by Gasteiger charge is -2.31. The van der Waals surface area contributed by atoms with Crippen molar-refractivity contribution in [3.8, 4) is 0 Å². The molecular formula is C13H23N3O2. The second kappa shape index (κ2) is 6.00. The Labute approximate surface area is 108 Å². The Balaban J connectivity index is 2.81. The number of amides is 1. The third kappa shape index (κ3) is 3.84. The smallest absolute Gasteiger partial charge is 0.292 e. The second-order valence-corrected chi connectivity index (χ2v) is 5.43. The molecule has 1 heterocycles. The van der Waals surface area contributed by atoms with Crippen LogP contribution >= 0.6 is 0 Å². The molecule has 0 saturated heterocycles. The van der Waals surface area contributed by atoms with Crippen LogP contribution in [0.1, 0.15) is 43.4 Å². The number of hydrogen-bond acceptors (Lipinski definition) is 4. The van der Waals surface area contributed by atoms with E-state index in [0.717, 1.165) is 6.42 Å². The summed E-state index contributed by atoms with van der Waals surface area (Å²) in [7, 11) is 0. The third-order valence-corrected chi connectivity index (χ3v) is 2.79. The summed E-state index contributed by atoms with van der Waals surface area (Å²) >= 11 is 0. The summed E-state index contributed by atoms with van der Waals surface area (Å²) in [6, 6.07) is 1.67. The van der Waals surface area contributed by atoms with Gasteiger partial charge in [0.05, 0.1) is 5.69 Å². The van der Waals surface area contributed by atoms with Crippen molar-refractivity contribution in [2.24, 2.45) is 11.1 Å². The zero-order valence-corrected chi connectivity index (χ0v) is 11.7. The van der Waals surface area contributed by atoms with Crippen molar-refractivity contribution in [2.75, 3.05) is 19.6 Å². The van der Waals surface area contributed by atoms with E-state index in [1.807, 2.05) is 6.92 Å². The fourth-order valence-electron chi connectivity index (χ4n) is 1.72. The van der Waals surface area contributed by atoms with Gasteiger partial charge in [0.15, 0.2) is 0 Å². The molecule has 0 saturated carbocycles. The maximum Gasteiger partial charge on any atom is 0.292 e. The van der Waals surface area contributed by atoms with Gasteiger partial charge in [-0.3, -0.25) is 4.79 Å². The van der Waals surface area contributed by atoms with Crippen LogP contribution in [-0.2, 0) is 0 Å². The maximum atomic E-state index is 12.3. The van der Waals surface area contributed by atoms with Gasteiger partial charge in [-0.05, 0) is 25.3 Å². The van der Waals surface area contributed by atoms with Gasteiger partial charge in [-0.15, -0.1) is 0 Å². The minimum Gasteiger partial charge on any atom is -0.351 e. The number of nitrogens with two attached hydrogens (primary N) is 1. The van der Waals surface area contributed by atoms with Crippen LogP contribution in [0.5, 0.6) is 0 Å². The molecule has 1 rings (SSSR count). The van der Waals surface area contributed by atoms with Crippen LogP contribution in [0, 0.1) is 12.3 Å². The quantitative estimate of drug-likeness (QED) is 0.839. The Morgan fingerprint density at radius 2 is 2.22 bits per heavy atom. The molecule has 2 N–H and O–H groups in total. The highest BCUT2D eigenvalue weighted by atomic mass is 16.5. The predicted octanol–water partition coefficient (Wildman–Crippen LogP) is 1.82. The van der Waals surface area contributed by atoms with Gasteiger partial charge in [-0.25, -0.2) is 0 Å². The number of nitrogens with zero attached hydrogens (tertiary/aromatic N) is 2. The zero-order valence-electron chi connectivity index (χ0n) is 11.7. The summed E-state index contributed by atoms with van der Waals surface area (Å²) in [5.74, 6) is 0.188. The van der Waals surface area contributed by atoms with Crippen molar-refractivity contribution in [2.45, 2.75) is 34.1 Å². The highest BCUT2D eigenvalue weighted by Crippen LogP contribution is 2.17. The summed E-state index contributed by atoms with van der Waals surface area (Å²) < 4.78 is 5.03. The Kier molecular flexibility index (Phi) is 4.90. The second-order valence-electron chi connectivity index (χ2n) is 5.43. The molecule has 0 atom stereocenters. The summed E-state index contributed by atoms with van der Waals surface area (Å²) in [6.07, 6.45) is 0.902. The van der Waals surface area contributed by atoms with Crippen LogP contribution in [-0.4, -0.2) is 35.6 Å². The molecule has 102 valence electrons. The molecule has 0 spiro atoms. The average molecular weight is 253 g/mol. The molecule has 0 aromatic carbocycles. The van der Waals surface area contributed by atoms with Crippen LogP contribution < -0.4 is 5.73 Å². The van der Waals surface area contributed by atoms with Crippen molar-refractivity contribution >= 4 is 5.91 Å². The number of carbonyl (C=O) groups is 1. The summed E-state index contributed by atoms with van der Waals surface area (Å²) in [5, 5.41) is 3.75. The van der Waals surface area contributed by atoms with E-state index in [1.54, 1.807) is 17.9 Å². The van der Waals surface area contributed by atoms with E-state index < -0.39 is 0 Å². The van der Waals surface area contributed by atoms with E-state index >= 15 is 0 Å². The zero-order chi connectivity index (χ0) is 13.8. The Hall–Kier alpha value is -1.36. The molecule has 1 aromatic heterocycles. The number of aryl methyl sites for hydroxylation is 1. The molecule has 0 fully saturated rings. The lowest BCUT2D eigenvalue weighted by atomic mass is 9.93. The van der Waals surface area contributed by atoms with Crippen molar-refractivity contribution in [3.63, 3.8) is 0 Å². The molecule has 18 heavy (non-hydrogen) atoms. The van der Waals surface area contributed by atoms with E-state index in [2.05, 4.69) is 19.0 Å². The standard InChI is InChI=1S/C13H23N3O2/c1-5-6-16(9-13(3,4)8-14)12(17)11-7-10(2)15-18-11/h7H,5-6,8-9,14H2,1-4H3. The first-order chi connectivity index (χ1) is 8.39. The lowest BCUT2D eigenvalue weighted by Crippen LogP contribution is -2.42. The molecule has 0 unspecified atom stereocenters. The highest BCUT2D eigenvalue weighted by molar-refractivity contribution is 5.91. The Morgan fingerprint density at radius 1 is 1.56 bits per heavy atom. The largest absolute Gasteiger partial charge is 0.351 e. The van der Waals surface area contributed by atoms with Crippen molar-refractivity contribution < 1.29 is 9.32 Å². The number of carbonyl (C=O) groups excluding carboxylic acids is 1. The molecule has 1 amide bonds. The first-order valence-electron chi connectivity index (χ1n) is 6.32. The van der Waals surface area contributed by atoms with E-state index in [4.69, 9.17) is 10.3 Å². The van der Waals surface area contributed by atoms with Gasteiger partial charge < -0.3 is 15.2 Å². The maximum absolute atomic E-state index is 12.3. The van der Waals surface area contributed by atoms with Gasteiger partial charge in [-0.1, -0.05) is 25.9 Å². The van der Waals surface area contributed by atoms with Crippen molar-refractivity contribution in [3.05, 3.63) is 17.5 Å². The van der Waals surface area contributed by atoms with Crippen LogP contribution in [0.25, 0.3) is 0 Å². The normalized spacial score (nSPS) is 11.6. The molecule has 0 aliphatic carbocycles. The molecule has 0 radical (unpaired) electrons. The first kappa shape index (κ1) is 14.7. The fraction of sp³-hybridized carbons (Fsp3) is 0.692. The monoisotopic (exact) mass is 253 g/mol. The molecule has 1 aromatic rings. The number of hydrogen-bond donors (Lipinski definition) is 1. The van der Waals surface area contributed by atoms with Gasteiger partial charge >= 0.3 is 0 Å². The summed E-state index contributed by atoms with van der Waals surface area (Å²) in [4.78, 5) is 14.1. The van der Waals surface area contributed by atoms with Gasteiger partial charge in [0.1, 0.15) is 0 Å². The first-order valence-corrected chi connectivity index (χ1v) is 6.32. The van der Waals surface area contributed by atoms with E-state index in [-0.39, 0.29) is 11.3 Å². The molecule has 5 heteroatoms. The van der Waals surface area contributed by atoms with Gasteiger partial charge in [0.2, 0.25) is 5.76 Å². The SMILES string of the molecule is CCCN(CC(C)(C)CN)C(=O)c1cc(C)no1. The van der Waals surface area contributed by atoms with Crippen LogP contribution in [0.4, 0.5) is 0 Å². The Morgan fingerprint density at radius 3 is 2.67 bits per heavy atom. The van der Waals surface area contributed by atoms with Gasteiger partial charge in [0, 0.05) is 19.2 Å². The van der Waals surface area contributed by atoms with Gasteiger partial charge in [0.25, 0.3) is 5.91 Å². The number of rotatable bonds is 6. The highest BCUT2D eigenvalue weighted by Gasteiger charge is 2.26. The topological polar surface area (TPSA) is 72.4 Å². The molecular weight excluding hydrogens is 230 g/mol. The lowest BCUT2D eigenvalue weighted by molar-refractivity contribution is 0.0648. The molecule has 5 nitrogen and oxygen atoms in total. The van der Waals surface area contributed by atoms with E-state index in [1.165, 1.54) is 0 Å². The summed E-state index contributed by atoms with van der Waals surface area (Å²) in [5.41, 5.74) is 6.34. The Bertz CT molecular complexity index is 399. The van der Waals surface area contributed by atoms with Crippen molar-refractivity contribution in [1.82, 2.24) is 10.1 Å². The predicted molar refractivity (Wildman–Crippen MR) is 70.3 cm³/mol. The summed E-state index contributed by atoms with van der Waals surface area (Å²) in [6.45, 7) is 9.80. The molecule has 0 bridgehead atoms. The van der Waals surface area contributed by atoms with Crippen LogP contribution in [0.3, 0.4) is 0 Å². The van der Waals surface area contributed by atoms with Gasteiger partial charge in [-0.2, -0.15) is 0 Å². The van der Waals surface area contributed by atoms with E-state index in [0.29, 0.717) is 31.1 Å². The molecule has 0 aliphatic rings. The average Bonchev–Trinajstić information content (AvgIpc) is 2.74. The van der Waals surface area contributed by atoms with E-state index in [9.17, 15) is 4.79 Å². The van der Waals surface area contributed by atoms with Crippen molar-refractivity contribution in [1.29, 1.82) is 0 Å². The molecule has 0 aliphatic heterocycles. The number of aromatic nitrogens is 1.